The first-order chi connectivity index (χ1) is 10.5. The number of quaternary nitrogens is 1. The lowest BCUT2D eigenvalue weighted by Crippen LogP contribution is -2.69. The zero-order valence-corrected chi connectivity index (χ0v) is 16.4. The fraction of sp³-hybridized carbons (Fsp3) is 0.842. The van der Waals surface area contributed by atoms with Gasteiger partial charge >= 0.3 is 5.97 Å². The summed E-state index contributed by atoms with van der Waals surface area (Å²) in [5, 5.41) is 10.5. The van der Waals surface area contributed by atoms with Gasteiger partial charge < -0.3 is 14.3 Å². The van der Waals surface area contributed by atoms with E-state index >= 15 is 0 Å². The van der Waals surface area contributed by atoms with E-state index in [2.05, 4.69) is 48.1 Å². The van der Waals surface area contributed by atoms with Crippen molar-refractivity contribution in [3.8, 4) is 0 Å². The molecule has 136 valence electrons. The third kappa shape index (κ3) is 5.32. The van der Waals surface area contributed by atoms with Crippen LogP contribution in [0.15, 0.2) is 12.2 Å². The van der Waals surface area contributed by atoms with Crippen LogP contribution in [0.25, 0.3) is 0 Å². The third-order valence-electron chi connectivity index (χ3n) is 5.04. The minimum Gasteiger partial charge on any atom is -0.462 e. The molecule has 0 rings (SSSR count). The Morgan fingerprint density at radius 3 is 1.78 bits per heavy atom. The first-order valence-corrected chi connectivity index (χ1v) is 8.87. The SMILES string of the molecule is C=C(C)C(=O)OCCCC(C(C)O)[N+](C(C)C)(C(C)C)C(C)C. The molecule has 0 aliphatic heterocycles. The van der Waals surface area contributed by atoms with Crippen molar-refractivity contribution < 1.29 is 19.1 Å². The van der Waals surface area contributed by atoms with Crippen LogP contribution in [-0.2, 0) is 9.53 Å². The standard InChI is InChI=1S/C19H38NO3/c1-13(2)19(22)23-12-10-11-18(17(9)21)20(14(3)4,15(5)6)16(7)8/h14-18,21H,1,10-12H2,2-9H3/q+1. The normalized spacial score (nSPS) is 15.1. The van der Waals surface area contributed by atoms with Gasteiger partial charge in [-0.3, -0.25) is 0 Å². The molecule has 0 spiro atoms. The summed E-state index contributed by atoms with van der Waals surface area (Å²) in [5.74, 6) is -0.337. The third-order valence-corrected chi connectivity index (χ3v) is 5.04. The van der Waals surface area contributed by atoms with Crippen molar-refractivity contribution in [1.82, 2.24) is 0 Å². The number of hydrogen-bond acceptors (Lipinski definition) is 3. The van der Waals surface area contributed by atoms with E-state index in [1.54, 1.807) is 6.92 Å². The molecule has 0 bridgehead atoms. The number of hydrogen-bond donors (Lipinski definition) is 1. The van der Waals surface area contributed by atoms with Crippen LogP contribution in [0.5, 0.6) is 0 Å². The Hall–Kier alpha value is -0.870. The van der Waals surface area contributed by atoms with Crippen LogP contribution < -0.4 is 0 Å². The lowest BCUT2D eigenvalue weighted by Gasteiger charge is -2.55. The zero-order chi connectivity index (χ0) is 18.4. The minimum absolute atomic E-state index is 0.124. The summed E-state index contributed by atoms with van der Waals surface area (Å²) < 4.78 is 6.07. The van der Waals surface area contributed by atoms with E-state index in [1.165, 1.54) is 0 Å². The molecule has 0 aliphatic carbocycles. The molecule has 0 amide bonds. The van der Waals surface area contributed by atoms with E-state index in [0.29, 0.717) is 30.3 Å². The molecule has 4 nitrogen and oxygen atoms in total. The van der Waals surface area contributed by atoms with Gasteiger partial charge in [-0.05, 0) is 61.8 Å². The molecule has 0 fully saturated rings. The average Bonchev–Trinajstić information content (AvgIpc) is 2.39. The Labute approximate surface area is 143 Å². The van der Waals surface area contributed by atoms with Gasteiger partial charge in [0, 0.05) is 12.0 Å². The molecule has 2 unspecified atom stereocenters. The lowest BCUT2D eigenvalue weighted by atomic mass is 9.93. The first-order valence-electron chi connectivity index (χ1n) is 8.87. The average molecular weight is 329 g/mol. The molecule has 4 heteroatoms. The maximum absolute atomic E-state index is 11.5. The summed E-state index contributed by atoms with van der Waals surface area (Å²) >= 11 is 0. The van der Waals surface area contributed by atoms with Gasteiger partial charge in [-0.1, -0.05) is 6.58 Å². The Morgan fingerprint density at radius 2 is 1.48 bits per heavy atom. The fourth-order valence-electron chi connectivity index (χ4n) is 4.36. The van der Waals surface area contributed by atoms with Crippen molar-refractivity contribution in [2.75, 3.05) is 6.61 Å². The van der Waals surface area contributed by atoms with Crippen molar-refractivity contribution in [3.63, 3.8) is 0 Å². The summed E-state index contributed by atoms with van der Waals surface area (Å²) in [6.07, 6.45) is 1.18. The van der Waals surface area contributed by atoms with Crippen LogP contribution in [0.4, 0.5) is 0 Å². The van der Waals surface area contributed by atoms with Crippen LogP contribution in [0, 0.1) is 0 Å². The molecule has 0 aliphatic rings. The Kier molecular flexibility index (Phi) is 9.07. The number of ether oxygens (including phenoxy) is 1. The largest absolute Gasteiger partial charge is 0.462 e. The summed E-state index contributed by atoms with van der Waals surface area (Å²) in [4.78, 5) is 11.5. The van der Waals surface area contributed by atoms with Gasteiger partial charge in [-0.15, -0.1) is 0 Å². The summed E-state index contributed by atoms with van der Waals surface area (Å²) in [5.41, 5.74) is 0.425. The highest BCUT2D eigenvalue weighted by Gasteiger charge is 2.46. The summed E-state index contributed by atoms with van der Waals surface area (Å²) in [6.45, 7) is 20.9. The highest BCUT2D eigenvalue weighted by molar-refractivity contribution is 5.86. The lowest BCUT2D eigenvalue weighted by molar-refractivity contribution is -1.01. The first kappa shape index (κ1) is 22.1. The van der Waals surface area contributed by atoms with Crippen molar-refractivity contribution in [1.29, 1.82) is 0 Å². The number of carbonyl (C=O) groups excluding carboxylic acids is 1. The topological polar surface area (TPSA) is 46.5 Å². The van der Waals surface area contributed by atoms with E-state index < -0.39 is 6.10 Å². The van der Waals surface area contributed by atoms with Gasteiger partial charge in [-0.2, -0.15) is 0 Å². The summed E-state index contributed by atoms with van der Waals surface area (Å²) in [7, 11) is 0. The van der Waals surface area contributed by atoms with Crippen LogP contribution >= 0.6 is 0 Å². The molecule has 0 saturated heterocycles. The second-order valence-corrected chi connectivity index (χ2v) is 7.54. The van der Waals surface area contributed by atoms with Crippen molar-refractivity contribution in [2.45, 2.75) is 98.5 Å². The van der Waals surface area contributed by atoms with Crippen LogP contribution in [-0.4, -0.2) is 52.4 Å². The Bertz CT molecular complexity index is 364. The van der Waals surface area contributed by atoms with Gasteiger partial charge in [0.1, 0.15) is 12.1 Å². The number of carbonyl (C=O) groups is 1. The molecule has 23 heavy (non-hydrogen) atoms. The number of rotatable bonds is 10. The highest BCUT2D eigenvalue weighted by atomic mass is 16.5. The number of esters is 1. The highest BCUT2D eigenvalue weighted by Crippen LogP contribution is 2.33. The summed E-state index contributed by atoms with van der Waals surface area (Å²) in [6, 6.07) is 1.35. The van der Waals surface area contributed by atoms with E-state index in [0.717, 1.165) is 17.3 Å². The zero-order valence-electron chi connectivity index (χ0n) is 16.4. The van der Waals surface area contributed by atoms with Gasteiger partial charge in [0.15, 0.2) is 0 Å². The van der Waals surface area contributed by atoms with E-state index in [4.69, 9.17) is 4.74 Å². The van der Waals surface area contributed by atoms with Gasteiger partial charge in [0.05, 0.1) is 24.7 Å². The maximum atomic E-state index is 11.5. The van der Waals surface area contributed by atoms with E-state index in [-0.39, 0.29) is 12.0 Å². The van der Waals surface area contributed by atoms with E-state index in [9.17, 15) is 9.90 Å². The monoisotopic (exact) mass is 328 g/mol. The molecular formula is C19H38NO3+. The molecule has 0 aromatic rings. The number of aliphatic hydroxyl groups excluding tert-OH is 1. The van der Waals surface area contributed by atoms with Gasteiger partial charge in [0.25, 0.3) is 0 Å². The molecule has 0 saturated carbocycles. The van der Waals surface area contributed by atoms with Crippen molar-refractivity contribution >= 4 is 5.97 Å². The fourth-order valence-corrected chi connectivity index (χ4v) is 4.36. The second-order valence-electron chi connectivity index (χ2n) is 7.54. The Morgan fingerprint density at radius 1 is 1.04 bits per heavy atom. The van der Waals surface area contributed by atoms with Crippen LogP contribution in [0.3, 0.4) is 0 Å². The predicted molar refractivity (Wildman–Crippen MR) is 96.1 cm³/mol. The number of aliphatic hydroxyl groups is 1. The quantitative estimate of drug-likeness (QED) is 0.288. The van der Waals surface area contributed by atoms with Gasteiger partial charge in [0.2, 0.25) is 0 Å². The molecule has 1 N–H and O–H groups in total. The molecule has 0 aromatic carbocycles. The molecule has 0 heterocycles. The van der Waals surface area contributed by atoms with Crippen molar-refractivity contribution in [3.05, 3.63) is 12.2 Å². The maximum Gasteiger partial charge on any atom is 0.333 e. The van der Waals surface area contributed by atoms with Crippen LogP contribution in [0.1, 0.15) is 68.2 Å². The van der Waals surface area contributed by atoms with Gasteiger partial charge in [-0.25, -0.2) is 4.79 Å². The second kappa shape index (κ2) is 9.43. The minimum atomic E-state index is -0.404. The van der Waals surface area contributed by atoms with Crippen LogP contribution in [0.2, 0.25) is 0 Å². The number of nitrogens with zero attached hydrogens (tertiary/aromatic N) is 1. The predicted octanol–water partition coefficient (Wildman–Crippen LogP) is 3.68. The Balaban J connectivity index is 5.13. The van der Waals surface area contributed by atoms with E-state index in [1.807, 2.05) is 6.92 Å². The molecule has 2 atom stereocenters. The molecule has 0 aromatic heterocycles. The smallest absolute Gasteiger partial charge is 0.333 e. The molecular weight excluding hydrogens is 290 g/mol. The molecule has 0 radical (unpaired) electrons. The van der Waals surface area contributed by atoms with Crippen molar-refractivity contribution in [2.24, 2.45) is 0 Å².